The number of carbonyl (C=O) groups is 2. The van der Waals surface area contributed by atoms with Gasteiger partial charge in [-0.3, -0.25) is 4.79 Å². The minimum absolute atomic E-state index is 0.0252. The van der Waals surface area contributed by atoms with Crippen LogP contribution < -0.4 is 19.7 Å². The second kappa shape index (κ2) is 13.3. The number of amides is 2. The molecule has 1 N–H and O–H groups in total. The zero-order chi connectivity index (χ0) is 30.7. The predicted octanol–water partition coefficient (Wildman–Crippen LogP) is 4.98. The number of alkyl carbamates (subject to hydrolysis) is 1. The first-order valence-corrected chi connectivity index (χ1v) is 17.2. The number of hydrogen-bond acceptors (Lipinski definition) is 8. The summed E-state index contributed by atoms with van der Waals surface area (Å²) in [4.78, 5) is 32.7. The number of anilines is 1. The van der Waals surface area contributed by atoms with Gasteiger partial charge in [-0.15, -0.1) is 0 Å². The third kappa shape index (κ3) is 7.99. The summed E-state index contributed by atoms with van der Waals surface area (Å²) in [6.45, 7) is 9.79. The van der Waals surface area contributed by atoms with E-state index >= 15 is 0 Å². The summed E-state index contributed by atoms with van der Waals surface area (Å²) in [5, 5.41) is 2.72. The van der Waals surface area contributed by atoms with E-state index < -0.39 is 39.5 Å². The lowest BCUT2D eigenvalue weighted by Crippen LogP contribution is -2.45. The van der Waals surface area contributed by atoms with E-state index in [-0.39, 0.29) is 23.2 Å². The van der Waals surface area contributed by atoms with E-state index in [2.05, 4.69) is 26.2 Å². The van der Waals surface area contributed by atoms with Crippen molar-refractivity contribution in [3.05, 3.63) is 52.5 Å². The monoisotopic (exact) mass is 681 g/mol. The molecule has 2 aliphatic rings. The molecule has 10 nitrogen and oxygen atoms in total. The fourth-order valence-electron chi connectivity index (χ4n) is 4.76. The Balaban J connectivity index is 1.73. The van der Waals surface area contributed by atoms with Gasteiger partial charge in [-0.25, -0.2) is 13.2 Å². The Hall–Kier alpha value is -2.77. The first-order chi connectivity index (χ1) is 19.8. The summed E-state index contributed by atoms with van der Waals surface area (Å²) < 4.78 is 42.9. The lowest BCUT2D eigenvalue weighted by atomic mass is 10.1. The van der Waals surface area contributed by atoms with E-state index in [1.165, 1.54) is 11.8 Å². The van der Waals surface area contributed by atoms with Crippen LogP contribution in [0.3, 0.4) is 0 Å². The molecule has 0 unspecified atom stereocenters. The SMILES string of the molecule is CCOc1cc(Br)c(N2C(=NC(=O)[C@@H](Cc3ccccc3)NC(=O)OC(C)(C)C)S[C@H]3CS(=O)(=O)C[C@@H]32)cc1OCC. The van der Waals surface area contributed by atoms with Crippen LogP contribution in [-0.4, -0.2) is 73.2 Å². The fourth-order valence-corrected chi connectivity index (χ4v) is 9.19. The molecule has 3 atom stereocenters. The summed E-state index contributed by atoms with van der Waals surface area (Å²) in [5.74, 6) is 0.350. The Labute approximate surface area is 259 Å². The third-order valence-corrected chi connectivity index (χ3v) is 10.3. The van der Waals surface area contributed by atoms with Crippen molar-refractivity contribution in [2.75, 3.05) is 29.6 Å². The number of benzene rings is 2. The first-order valence-electron chi connectivity index (χ1n) is 13.7. The molecule has 2 heterocycles. The fraction of sp³-hybridized carbons (Fsp3) is 0.483. The highest BCUT2D eigenvalue weighted by molar-refractivity contribution is 9.10. The molecule has 2 aliphatic heterocycles. The molecule has 0 aromatic heterocycles. The number of amidine groups is 1. The van der Waals surface area contributed by atoms with Gasteiger partial charge < -0.3 is 24.4 Å². The van der Waals surface area contributed by atoms with Crippen LogP contribution in [0.1, 0.15) is 40.2 Å². The van der Waals surface area contributed by atoms with E-state index in [1.807, 2.05) is 44.2 Å². The maximum absolute atomic E-state index is 13.7. The number of rotatable bonds is 9. The Morgan fingerprint density at radius 2 is 1.74 bits per heavy atom. The van der Waals surface area contributed by atoms with Crippen molar-refractivity contribution < 1.29 is 32.2 Å². The molecule has 42 heavy (non-hydrogen) atoms. The molecular formula is C29H36BrN3O7S2. The van der Waals surface area contributed by atoms with Gasteiger partial charge in [-0.1, -0.05) is 42.1 Å². The van der Waals surface area contributed by atoms with Gasteiger partial charge in [0.05, 0.1) is 36.4 Å². The Morgan fingerprint density at radius 3 is 2.36 bits per heavy atom. The second-order valence-corrected chi connectivity index (χ2v) is 15.1. The summed E-state index contributed by atoms with van der Waals surface area (Å²) in [6.07, 6.45) is -0.533. The number of halogens is 1. The van der Waals surface area contributed by atoms with E-state index in [0.717, 1.165) is 5.56 Å². The predicted molar refractivity (Wildman–Crippen MR) is 169 cm³/mol. The van der Waals surface area contributed by atoms with Gasteiger partial charge >= 0.3 is 6.09 Å². The number of sulfone groups is 1. The number of ether oxygens (including phenoxy) is 3. The van der Waals surface area contributed by atoms with E-state index in [4.69, 9.17) is 14.2 Å². The van der Waals surface area contributed by atoms with Gasteiger partial charge in [0.25, 0.3) is 5.91 Å². The van der Waals surface area contributed by atoms with Gasteiger partial charge in [0, 0.05) is 28.3 Å². The van der Waals surface area contributed by atoms with E-state index in [1.54, 1.807) is 37.8 Å². The van der Waals surface area contributed by atoms with Gasteiger partial charge in [0.1, 0.15) is 11.6 Å². The van der Waals surface area contributed by atoms with Crippen LogP contribution in [0, 0.1) is 0 Å². The molecule has 2 aromatic carbocycles. The maximum atomic E-state index is 13.7. The Morgan fingerprint density at radius 1 is 1.10 bits per heavy atom. The van der Waals surface area contributed by atoms with E-state index in [9.17, 15) is 18.0 Å². The number of fused-ring (bicyclic) bond motifs is 1. The summed E-state index contributed by atoms with van der Waals surface area (Å²) >= 11 is 4.87. The molecule has 2 fully saturated rings. The van der Waals surface area contributed by atoms with Crippen molar-refractivity contribution in [1.82, 2.24) is 5.32 Å². The van der Waals surface area contributed by atoms with Gasteiger partial charge in [0.2, 0.25) is 0 Å². The highest BCUT2D eigenvalue weighted by Gasteiger charge is 2.50. The van der Waals surface area contributed by atoms with Crippen LogP contribution in [0.2, 0.25) is 0 Å². The molecule has 4 rings (SSSR count). The van der Waals surface area contributed by atoms with Gasteiger partial charge in [-0.05, 0) is 56.1 Å². The normalized spacial score (nSPS) is 21.1. The average molecular weight is 683 g/mol. The minimum Gasteiger partial charge on any atom is -0.490 e. The van der Waals surface area contributed by atoms with Crippen LogP contribution in [0.5, 0.6) is 11.5 Å². The minimum atomic E-state index is -3.29. The quantitative estimate of drug-likeness (QED) is 0.390. The molecule has 2 aromatic rings. The topological polar surface area (TPSA) is 124 Å². The molecule has 0 bridgehead atoms. The van der Waals surface area contributed by atoms with Crippen LogP contribution >= 0.6 is 27.7 Å². The molecule has 2 amide bonds. The summed E-state index contributed by atoms with van der Waals surface area (Å²) in [7, 11) is -3.29. The number of nitrogens with one attached hydrogen (secondary N) is 1. The zero-order valence-corrected chi connectivity index (χ0v) is 27.5. The van der Waals surface area contributed by atoms with Gasteiger partial charge in [0.15, 0.2) is 26.5 Å². The largest absolute Gasteiger partial charge is 0.490 e. The third-order valence-electron chi connectivity index (χ3n) is 6.42. The zero-order valence-electron chi connectivity index (χ0n) is 24.3. The molecule has 0 saturated carbocycles. The molecule has 0 spiro atoms. The van der Waals surface area contributed by atoms with Crippen molar-refractivity contribution in [2.24, 2.45) is 4.99 Å². The molecule has 0 aliphatic carbocycles. The summed E-state index contributed by atoms with van der Waals surface area (Å²) in [6, 6.07) is 11.4. The maximum Gasteiger partial charge on any atom is 0.408 e. The van der Waals surface area contributed by atoms with Crippen molar-refractivity contribution in [2.45, 2.75) is 64.0 Å². The van der Waals surface area contributed by atoms with Crippen LogP contribution in [0.15, 0.2) is 51.9 Å². The highest BCUT2D eigenvalue weighted by Crippen LogP contribution is 2.46. The second-order valence-electron chi connectivity index (χ2n) is 10.9. The Bertz CT molecular complexity index is 1450. The van der Waals surface area contributed by atoms with Crippen LogP contribution in [0.25, 0.3) is 0 Å². The van der Waals surface area contributed by atoms with Crippen LogP contribution in [0.4, 0.5) is 10.5 Å². The smallest absolute Gasteiger partial charge is 0.408 e. The molecule has 0 radical (unpaired) electrons. The molecule has 13 heteroatoms. The average Bonchev–Trinajstić information content (AvgIpc) is 3.35. The first kappa shape index (κ1) is 32.2. The van der Waals surface area contributed by atoms with Crippen molar-refractivity contribution in [1.29, 1.82) is 0 Å². The Kier molecular flexibility index (Phi) is 10.1. The number of carbonyl (C=O) groups excluding carboxylic acids is 2. The molecular weight excluding hydrogens is 646 g/mol. The van der Waals surface area contributed by atoms with Crippen molar-refractivity contribution in [3.63, 3.8) is 0 Å². The number of aliphatic imine (C=N–C) groups is 1. The summed E-state index contributed by atoms with van der Waals surface area (Å²) in [5.41, 5.74) is 0.683. The lowest BCUT2D eigenvalue weighted by molar-refractivity contribution is -0.119. The lowest BCUT2D eigenvalue weighted by Gasteiger charge is -2.27. The number of nitrogens with zero attached hydrogens (tertiary/aromatic N) is 2. The van der Waals surface area contributed by atoms with E-state index in [0.29, 0.717) is 40.0 Å². The number of thioether (sulfide) groups is 1. The van der Waals surface area contributed by atoms with Crippen molar-refractivity contribution >= 4 is 60.4 Å². The highest BCUT2D eigenvalue weighted by atomic mass is 79.9. The molecule has 228 valence electrons. The standard InChI is InChI=1S/C29H36BrN3O7S2/c1-6-38-23-14-19(30)21(15-24(23)39-7-2)33-22-16-42(36,37)17-25(22)41-27(33)32-26(34)20(13-18-11-9-8-10-12-18)31-28(35)40-29(3,4)5/h8-12,14-15,20,22,25H,6-7,13,16-17H2,1-5H3,(H,31,35)/t20-,22+,25+/m1/s1. The van der Waals surface area contributed by atoms with Crippen LogP contribution in [-0.2, 0) is 25.8 Å². The van der Waals surface area contributed by atoms with Crippen molar-refractivity contribution in [3.8, 4) is 11.5 Å². The number of hydrogen-bond donors (Lipinski definition) is 1. The molecule has 2 saturated heterocycles. The van der Waals surface area contributed by atoms with Gasteiger partial charge in [-0.2, -0.15) is 4.99 Å².